The van der Waals surface area contributed by atoms with Crippen LogP contribution in [0.25, 0.3) is 0 Å². The van der Waals surface area contributed by atoms with Gasteiger partial charge in [0.15, 0.2) is 5.76 Å². The Hall–Kier alpha value is -1.66. The topological polar surface area (TPSA) is 63.4 Å². The van der Waals surface area contributed by atoms with Crippen LogP contribution in [0, 0.1) is 6.92 Å². The minimum atomic E-state index is -3.55. The molecule has 2 heterocycles. The SMILES string of the molecule is Cc1oncc1S(=O)(=O)N1CCCC(C)(c2ccccc2)C1. The zero-order valence-corrected chi connectivity index (χ0v) is 13.6. The molecule has 1 aromatic heterocycles. The van der Waals surface area contributed by atoms with Crippen LogP contribution in [0.5, 0.6) is 0 Å². The minimum Gasteiger partial charge on any atom is -0.360 e. The quantitative estimate of drug-likeness (QED) is 0.872. The molecule has 1 atom stereocenters. The zero-order chi connectivity index (χ0) is 15.8. The Morgan fingerprint density at radius 3 is 2.64 bits per heavy atom. The molecule has 1 aliphatic heterocycles. The number of nitrogens with zero attached hydrogens (tertiary/aromatic N) is 2. The second-order valence-corrected chi connectivity index (χ2v) is 8.02. The van der Waals surface area contributed by atoms with E-state index in [-0.39, 0.29) is 10.3 Å². The highest BCUT2D eigenvalue weighted by Crippen LogP contribution is 2.36. The largest absolute Gasteiger partial charge is 0.360 e. The molecular formula is C16H20N2O3S. The van der Waals surface area contributed by atoms with Crippen molar-refractivity contribution < 1.29 is 12.9 Å². The van der Waals surface area contributed by atoms with Gasteiger partial charge in [0, 0.05) is 18.5 Å². The molecule has 6 heteroatoms. The molecular weight excluding hydrogens is 300 g/mol. The molecule has 1 aliphatic rings. The van der Waals surface area contributed by atoms with Gasteiger partial charge in [0.2, 0.25) is 10.0 Å². The van der Waals surface area contributed by atoms with Gasteiger partial charge in [-0.3, -0.25) is 0 Å². The van der Waals surface area contributed by atoms with Gasteiger partial charge in [-0.1, -0.05) is 42.4 Å². The molecule has 1 unspecified atom stereocenters. The van der Waals surface area contributed by atoms with Crippen molar-refractivity contribution in [3.8, 4) is 0 Å². The van der Waals surface area contributed by atoms with Crippen LogP contribution in [0.3, 0.4) is 0 Å². The number of aryl methyl sites for hydroxylation is 1. The van der Waals surface area contributed by atoms with Crippen molar-refractivity contribution in [3.05, 3.63) is 47.9 Å². The predicted octanol–water partition coefficient (Wildman–Crippen LogP) is 2.73. The fraction of sp³-hybridized carbons (Fsp3) is 0.438. The van der Waals surface area contributed by atoms with Crippen LogP contribution in [0.15, 0.2) is 45.9 Å². The van der Waals surface area contributed by atoms with Crippen LogP contribution in [0.4, 0.5) is 0 Å². The molecule has 0 bridgehead atoms. The van der Waals surface area contributed by atoms with Gasteiger partial charge in [0.25, 0.3) is 0 Å². The van der Waals surface area contributed by atoms with Gasteiger partial charge in [0.05, 0.1) is 6.20 Å². The van der Waals surface area contributed by atoms with E-state index >= 15 is 0 Å². The fourth-order valence-electron chi connectivity index (χ4n) is 3.15. The lowest BCUT2D eigenvalue weighted by atomic mass is 9.77. The van der Waals surface area contributed by atoms with Crippen LogP contribution < -0.4 is 0 Å². The normalized spacial score (nSPS) is 23.5. The van der Waals surface area contributed by atoms with Crippen molar-refractivity contribution in [2.45, 2.75) is 37.0 Å². The first-order valence-electron chi connectivity index (χ1n) is 7.40. The number of hydrogen-bond acceptors (Lipinski definition) is 4. The van der Waals surface area contributed by atoms with E-state index in [0.29, 0.717) is 18.8 Å². The Morgan fingerprint density at radius 2 is 2.00 bits per heavy atom. The van der Waals surface area contributed by atoms with E-state index in [1.54, 1.807) is 11.2 Å². The first kappa shape index (κ1) is 15.2. The minimum absolute atomic E-state index is 0.169. The van der Waals surface area contributed by atoms with E-state index in [1.165, 1.54) is 11.8 Å². The monoisotopic (exact) mass is 320 g/mol. The Morgan fingerprint density at radius 1 is 1.27 bits per heavy atom. The molecule has 22 heavy (non-hydrogen) atoms. The summed E-state index contributed by atoms with van der Waals surface area (Å²) in [6, 6.07) is 10.1. The highest BCUT2D eigenvalue weighted by Gasteiger charge is 2.39. The van der Waals surface area contributed by atoms with E-state index in [1.807, 2.05) is 18.2 Å². The van der Waals surface area contributed by atoms with Crippen molar-refractivity contribution in [1.29, 1.82) is 0 Å². The number of hydrogen-bond donors (Lipinski definition) is 0. The van der Waals surface area contributed by atoms with Gasteiger partial charge < -0.3 is 4.52 Å². The van der Waals surface area contributed by atoms with Gasteiger partial charge in [-0.25, -0.2) is 8.42 Å². The molecule has 1 saturated heterocycles. The van der Waals surface area contributed by atoms with E-state index in [9.17, 15) is 8.42 Å². The summed E-state index contributed by atoms with van der Waals surface area (Å²) < 4.78 is 32.1. The van der Waals surface area contributed by atoms with Crippen molar-refractivity contribution in [3.63, 3.8) is 0 Å². The predicted molar refractivity (Wildman–Crippen MR) is 83.0 cm³/mol. The Kier molecular flexibility index (Phi) is 3.82. The Labute approximate surface area is 131 Å². The molecule has 0 radical (unpaired) electrons. The molecule has 0 amide bonds. The number of sulfonamides is 1. The van der Waals surface area contributed by atoms with E-state index in [2.05, 4.69) is 24.2 Å². The molecule has 0 saturated carbocycles. The van der Waals surface area contributed by atoms with Gasteiger partial charge in [-0.15, -0.1) is 0 Å². The maximum absolute atomic E-state index is 12.8. The fourth-order valence-corrected chi connectivity index (χ4v) is 4.83. The summed E-state index contributed by atoms with van der Waals surface area (Å²) in [6.07, 6.45) is 3.11. The lowest BCUT2D eigenvalue weighted by molar-refractivity contribution is 0.240. The summed E-state index contributed by atoms with van der Waals surface area (Å²) in [5.74, 6) is 0.340. The second kappa shape index (κ2) is 5.52. The van der Waals surface area contributed by atoms with Crippen molar-refractivity contribution in [1.82, 2.24) is 9.46 Å². The highest BCUT2D eigenvalue weighted by molar-refractivity contribution is 7.89. The van der Waals surface area contributed by atoms with Crippen molar-refractivity contribution >= 4 is 10.0 Å². The highest BCUT2D eigenvalue weighted by atomic mass is 32.2. The Bertz CT molecular complexity index is 755. The maximum atomic E-state index is 12.8. The number of benzene rings is 1. The molecule has 1 fully saturated rings. The lowest BCUT2D eigenvalue weighted by Gasteiger charge is -2.40. The van der Waals surface area contributed by atoms with Crippen molar-refractivity contribution in [2.75, 3.05) is 13.1 Å². The molecule has 5 nitrogen and oxygen atoms in total. The van der Waals surface area contributed by atoms with Gasteiger partial charge in [0.1, 0.15) is 4.90 Å². The van der Waals surface area contributed by atoms with E-state index in [4.69, 9.17) is 4.52 Å². The molecule has 0 spiro atoms. The number of rotatable bonds is 3. The van der Waals surface area contributed by atoms with E-state index < -0.39 is 10.0 Å². The lowest BCUT2D eigenvalue weighted by Crippen LogP contribution is -2.47. The molecule has 0 N–H and O–H groups in total. The third kappa shape index (κ3) is 2.57. The summed E-state index contributed by atoms with van der Waals surface area (Å²) in [5, 5.41) is 3.60. The summed E-state index contributed by atoms with van der Waals surface area (Å²) in [7, 11) is -3.55. The number of piperidine rings is 1. The summed E-state index contributed by atoms with van der Waals surface area (Å²) in [5.41, 5.74) is 1.01. The second-order valence-electron chi connectivity index (χ2n) is 6.12. The third-order valence-corrected chi connectivity index (χ3v) is 6.40. The molecule has 118 valence electrons. The summed E-state index contributed by atoms with van der Waals surface area (Å²) >= 11 is 0. The van der Waals surface area contributed by atoms with Gasteiger partial charge in [-0.2, -0.15) is 4.31 Å². The molecule has 0 aliphatic carbocycles. The standard InChI is InChI=1S/C16H20N2O3S/c1-13-15(11-17-21-13)22(19,20)18-10-6-9-16(2,12-18)14-7-4-3-5-8-14/h3-5,7-8,11H,6,9-10,12H2,1-2H3. The van der Waals surface area contributed by atoms with E-state index in [0.717, 1.165) is 12.8 Å². The Balaban J connectivity index is 1.92. The first-order chi connectivity index (χ1) is 10.4. The zero-order valence-electron chi connectivity index (χ0n) is 12.8. The van der Waals surface area contributed by atoms with Crippen LogP contribution in [-0.4, -0.2) is 31.0 Å². The smallest absolute Gasteiger partial charge is 0.248 e. The summed E-state index contributed by atoms with van der Waals surface area (Å²) in [4.78, 5) is 0.171. The first-order valence-corrected chi connectivity index (χ1v) is 8.84. The van der Waals surface area contributed by atoms with Crippen LogP contribution in [0.1, 0.15) is 31.1 Å². The summed E-state index contributed by atoms with van der Waals surface area (Å²) in [6.45, 7) is 4.77. The van der Waals surface area contributed by atoms with Crippen LogP contribution >= 0.6 is 0 Å². The molecule has 1 aromatic carbocycles. The average molecular weight is 320 g/mol. The van der Waals surface area contributed by atoms with Crippen molar-refractivity contribution in [2.24, 2.45) is 0 Å². The van der Waals surface area contributed by atoms with Gasteiger partial charge >= 0.3 is 0 Å². The third-order valence-electron chi connectivity index (χ3n) is 4.46. The average Bonchev–Trinajstić information content (AvgIpc) is 2.95. The van der Waals surface area contributed by atoms with Crippen LogP contribution in [0.2, 0.25) is 0 Å². The number of aromatic nitrogens is 1. The maximum Gasteiger partial charge on any atom is 0.248 e. The van der Waals surface area contributed by atoms with Gasteiger partial charge in [-0.05, 0) is 25.3 Å². The molecule has 2 aromatic rings. The molecule has 3 rings (SSSR count). The van der Waals surface area contributed by atoms with Crippen LogP contribution in [-0.2, 0) is 15.4 Å².